The van der Waals surface area contributed by atoms with Crippen LogP contribution in [0, 0.1) is 27.6 Å². The molecular formula is C23H23ClF3N3O7. The average Bonchev–Trinajstić information content (AvgIpc) is 2.70. The molecule has 0 saturated carbocycles. The van der Waals surface area contributed by atoms with Gasteiger partial charge in [0.15, 0.2) is 5.82 Å². The van der Waals surface area contributed by atoms with Gasteiger partial charge in [0.2, 0.25) is 0 Å². The first kappa shape index (κ1) is 29.4. The van der Waals surface area contributed by atoms with Crippen molar-refractivity contribution in [3.63, 3.8) is 0 Å². The van der Waals surface area contributed by atoms with E-state index in [9.17, 15) is 37.7 Å². The predicted octanol–water partition coefficient (Wildman–Crippen LogP) is 6.59. The summed E-state index contributed by atoms with van der Waals surface area (Å²) >= 11 is 5.74. The number of nitro groups is 1. The summed E-state index contributed by atoms with van der Waals surface area (Å²) in [5.41, 5.74) is -5.43. The minimum atomic E-state index is -1.40. The first-order valence-electron chi connectivity index (χ1n) is 10.5. The van der Waals surface area contributed by atoms with Crippen LogP contribution in [0.25, 0.3) is 0 Å². The Morgan fingerprint density at radius 3 is 1.86 bits per heavy atom. The topological polar surface area (TPSA) is 128 Å². The minimum Gasteiger partial charge on any atom is -0.443 e. The zero-order chi connectivity index (χ0) is 28.5. The fraction of sp³-hybridized carbons (Fsp3) is 0.348. The number of anilines is 2. The highest BCUT2D eigenvalue weighted by Gasteiger charge is 2.35. The number of ether oxygens (including phenoxy) is 2. The first-order chi connectivity index (χ1) is 16.8. The molecule has 0 bridgehead atoms. The Labute approximate surface area is 214 Å². The third kappa shape index (κ3) is 7.56. The molecule has 0 unspecified atom stereocenters. The monoisotopic (exact) mass is 545 g/mol. The number of nitrogens with one attached hydrogen (secondary N) is 1. The Balaban J connectivity index is 2.58. The maximum atomic E-state index is 14.8. The van der Waals surface area contributed by atoms with E-state index < -0.39 is 79.3 Å². The molecule has 0 radical (unpaired) electrons. The van der Waals surface area contributed by atoms with Gasteiger partial charge in [-0.3, -0.25) is 14.9 Å². The highest BCUT2D eigenvalue weighted by Crippen LogP contribution is 2.31. The smallest absolute Gasteiger partial charge is 0.424 e. The van der Waals surface area contributed by atoms with Crippen LogP contribution < -0.4 is 10.2 Å². The van der Waals surface area contributed by atoms with Gasteiger partial charge in [-0.25, -0.2) is 22.8 Å². The molecule has 3 amide bonds. The van der Waals surface area contributed by atoms with Crippen LogP contribution in [-0.4, -0.2) is 34.2 Å². The lowest BCUT2D eigenvalue weighted by Crippen LogP contribution is -2.44. The average molecular weight is 546 g/mol. The minimum absolute atomic E-state index is 0.168. The molecule has 0 aromatic heterocycles. The molecule has 0 saturated heterocycles. The molecule has 10 nitrogen and oxygen atoms in total. The number of hydrogen-bond acceptors (Lipinski definition) is 7. The molecular weight excluding hydrogens is 523 g/mol. The number of rotatable bonds is 4. The second-order valence-corrected chi connectivity index (χ2v) is 9.96. The van der Waals surface area contributed by atoms with Gasteiger partial charge >= 0.3 is 12.2 Å². The summed E-state index contributed by atoms with van der Waals surface area (Å²) in [6.07, 6.45) is -2.73. The number of nitro benzene ring substituents is 1. The van der Waals surface area contributed by atoms with Crippen LogP contribution in [0.15, 0.2) is 24.3 Å². The van der Waals surface area contributed by atoms with Gasteiger partial charge in [-0.1, -0.05) is 11.6 Å². The van der Waals surface area contributed by atoms with Crippen molar-refractivity contribution in [3.8, 4) is 0 Å². The van der Waals surface area contributed by atoms with E-state index in [1.165, 1.54) is 41.5 Å². The zero-order valence-electron chi connectivity index (χ0n) is 20.6. The highest BCUT2D eigenvalue weighted by molar-refractivity contribution is 6.34. The summed E-state index contributed by atoms with van der Waals surface area (Å²) in [6, 6.07) is 1.99. The molecule has 0 aliphatic rings. The van der Waals surface area contributed by atoms with Crippen molar-refractivity contribution >= 4 is 46.8 Å². The molecule has 14 heteroatoms. The molecule has 2 aromatic rings. The van der Waals surface area contributed by atoms with Crippen LogP contribution in [0.3, 0.4) is 0 Å². The fourth-order valence-corrected chi connectivity index (χ4v) is 2.92. The standard InChI is InChI=1S/C23H23ClF3N3O7/c1-22(2,3)36-20(32)29(21(33)37-23(4,5)6)17-10-16(13(25)9-14(17)26)28-19(31)12-7-11(30(34)35)8-15(27)18(12)24/h7-10H,1-6H3,(H,28,31). The van der Waals surface area contributed by atoms with Gasteiger partial charge in [0, 0.05) is 12.1 Å². The maximum Gasteiger partial charge on any atom is 0.424 e. The normalized spacial score (nSPS) is 11.5. The molecule has 0 spiro atoms. The Bertz CT molecular complexity index is 1250. The first-order valence-corrected chi connectivity index (χ1v) is 10.9. The molecule has 0 heterocycles. The lowest BCUT2D eigenvalue weighted by Gasteiger charge is -2.29. The van der Waals surface area contributed by atoms with Crippen molar-refractivity contribution in [3.05, 3.63) is 62.4 Å². The summed E-state index contributed by atoms with van der Waals surface area (Å²) < 4.78 is 53.7. The van der Waals surface area contributed by atoms with Crippen LogP contribution in [-0.2, 0) is 9.47 Å². The molecule has 1 N–H and O–H groups in total. The van der Waals surface area contributed by atoms with E-state index in [1.54, 1.807) is 0 Å². The number of non-ortho nitro benzene ring substituents is 1. The van der Waals surface area contributed by atoms with E-state index in [1.807, 2.05) is 5.32 Å². The maximum absolute atomic E-state index is 14.8. The van der Waals surface area contributed by atoms with Crippen molar-refractivity contribution in [2.45, 2.75) is 52.7 Å². The number of nitrogens with zero attached hydrogens (tertiary/aromatic N) is 2. The van der Waals surface area contributed by atoms with Gasteiger partial charge in [0.05, 0.1) is 33.0 Å². The van der Waals surface area contributed by atoms with E-state index >= 15 is 0 Å². The Morgan fingerprint density at radius 2 is 1.41 bits per heavy atom. The Hall–Kier alpha value is -3.87. The van der Waals surface area contributed by atoms with Crippen LogP contribution in [0.1, 0.15) is 51.9 Å². The van der Waals surface area contributed by atoms with Crippen molar-refractivity contribution in [1.29, 1.82) is 0 Å². The number of carbonyl (C=O) groups excluding carboxylic acids is 3. The van der Waals surface area contributed by atoms with E-state index in [0.29, 0.717) is 18.2 Å². The van der Waals surface area contributed by atoms with Gasteiger partial charge in [-0.05, 0) is 47.6 Å². The van der Waals surface area contributed by atoms with Crippen molar-refractivity contribution < 1.29 is 42.0 Å². The van der Waals surface area contributed by atoms with Crippen LogP contribution >= 0.6 is 11.6 Å². The number of carbonyl (C=O) groups is 3. The summed E-state index contributed by atoms with van der Waals surface area (Å²) in [4.78, 5) is 48.5. The Morgan fingerprint density at radius 1 is 0.892 bits per heavy atom. The molecule has 0 aliphatic heterocycles. The predicted molar refractivity (Wildman–Crippen MR) is 127 cm³/mol. The van der Waals surface area contributed by atoms with E-state index in [0.717, 1.165) is 0 Å². The van der Waals surface area contributed by atoms with Crippen LogP contribution in [0.2, 0.25) is 5.02 Å². The second kappa shape index (κ2) is 10.6. The quantitative estimate of drug-likeness (QED) is 0.339. The largest absolute Gasteiger partial charge is 0.443 e. The van der Waals surface area contributed by atoms with Gasteiger partial charge in [-0.2, -0.15) is 4.90 Å². The summed E-state index contributed by atoms with van der Waals surface area (Å²) in [7, 11) is 0. The van der Waals surface area contributed by atoms with Gasteiger partial charge in [0.25, 0.3) is 11.6 Å². The number of imide groups is 1. The van der Waals surface area contributed by atoms with Crippen molar-refractivity contribution in [1.82, 2.24) is 0 Å². The Kier molecular flexibility index (Phi) is 8.43. The fourth-order valence-electron chi connectivity index (χ4n) is 2.73. The van der Waals surface area contributed by atoms with Crippen LogP contribution in [0.5, 0.6) is 0 Å². The molecule has 200 valence electrons. The molecule has 0 aliphatic carbocycles. The summed E-state index contributed by atoms with van der Waals surface area (Å²) in [6.45, 7) is 8.87. The van der Waals surface area contributed by atoms with Gasteiger partial charge in [0.1, 0.15) is 22.8 Å². The summed E-state index contributed by atoms with van der Waals surface area (Å²) in [5.74, 6) is -5.34. The van der Waals surface area contributed by atoms with Gasteiger partial charge in [-0.15, -0.1) is 0 Å². The second-order valence-electron chi connectivity index (χ2n) is 9.58. The molecule has 0 fully saturated rings. The third-order valence-corrected chi connectivity index (χ3v) is 4.53. The van der Waals surface area contributed by atoms with Gasteiger partial charge < -0.3 is 14.8 Å². The molecule has 2 aromatic carbocycles. The molecule has 2 rings (SSSR count). The number of amides is 3. The van der Waals surface area contributed by atoms with Crippen molar-refractivity contribution in [2.24, 2.45) is 0 Å². The highest BCUT2D eigenvalue weighted by atomic mass is 35.5. The lowest BCUT2D eigenvalue weighted by atomic mass is 10.1. The molecule has 37 heavy (non-hydrogen) atoms. The number of benzene rings is 2. The summed E-state index contributed by atoms with van der Waals surface area (Å²) in [5, 5.41) is 12.2. The number of hydrogen-bond donors (Lipinski definition) is 1. The SMILES string of the molecule is CC(C)(C)OC(=O)N(C(=O)OC(C)(C)C)c1cc(NC(=O)c2cc([N+](=O)[O-])cc(F)c2Cl)c(F)cc1F. The lowest BCUT2D eigenvalue weighted by molar-refractivity contribution is -0.385. The van der Waals surface area contributed by atoms with Crippen molar-refractivity contribution in [2.75, 3.05) is 10.2 Å². The van der Waals surface area contributed by atoms with E-state index in [-0.39, 0.29) is 11.0 Å². The number of halogens is 4. The zero-order valence-corrected chi connectivity index (χ0v) is 21.3. The third-order valence-electron chi connectivity index (χ3n) is 4.15. The molecule has 0 atom stereocenters. The van der Waals surface area contributed by atoms with E-state index in [2.05, 4.69) is 0 Å². The van der Waals surface area contributed by atoms with E-state index in [4.69, 9.17) is 21.1 Å². The van der Waals surface area contributed by atoms with Crippen LogP contribution in [0.4, 0.5) is 39.8 Å².